The smallest absolute Gasteiger partial charge is 0.0223 e. The van der Waals surface area contributed by atoms with Crippen LogP contribution < -0.4 is 5.32 Å². The van der Waals surface area contributed by atoms with Crippen molar-refractivity contribution in [3.8, 4) is 0 Å². The lowest BCUT2D eigenvalue weighted by Gasteiger charge is -2.15. The van der Waals surface area contributed by atoms with Crippen molar-refractivity contribution >= 4 is 0 Å². The van der Waals surface area contributed by atoms with Gasteiger partial charge in [0.05, 0.1) is 0 Å². The Morgan fingerprint density at radius 2 is 2.24 bits per heavy atom. The summed E-state index contributed by atoms with van der Waals surface area (Å²) >= 11 is 0. The molecule has 0 radical (unpaired) electrons. The van der Waals surface area contributed by atoms with Crippen LogP contribution >= 0.6 is 0 Å². The summed E-state index contributed by atoms with van der Waals surface area (Å²) in [5.41, 5.74) is 1.42. The van der Waals surface area contributed by atoms with Gasteiger partial charge in [-0.2, -0.15) is 0 Å². The minimum absolute atomic E-state index is 0.719. The van der Waals surface area contributed by atoms with E-state index in [1.54, 1.807) is 0 Å². The molecule has 17 heavy (non-hydrogen) atoms. The standard InChI is InChI=1S/C15H26N2/c1-3-8-17-9-7-14(12-17)11-16-15(4-2)10-13-5-6-13/h7,9,12-13,15-16H,3-6,8,10-11H2,1-2H3. The van der Waals surface area contributed by atoms with Gasteiger partial charge in [0.25, 0.3) is 0 Å². The molecule has 1 aliphatic carbocycles. The highest BCUT2D eigenvalue weighted by atomic mass is 15.0. The van der Waals surface area contributed by atoms with Crippen molar-refractivity contribution < 1.29 is 0 Å². The molecule has 2 rings (SSSR count). The fraction of sp³-hybridized carbons (Fsp3) is 0.733. The minimum Gasteiger partial charge on any atom is -0.354 e. The zero-order chi connectivity index (χ0) is 12.1. The molecule has 2 nitrogen and oxygen atoms in total. The number of aromatic nitrogens is 1. The molecule has 1 heterocycles. The van der Waals surface area contributed by atoms with Crippen molar-refractivity contribution in [2.45, 2.75) is 65.1 Å². The van der Waals surface area contributed by atoms with Crippen molar-refractivity contribution in [1.82, 2.24) is 9.88 Å². The topological polar surface area (TPSA) is 17.0 Å². The van der Waals surface area contributed by atoms with Gasteiger partial charge in [-0.3, -0.25) is 0 Å². The molecule has 0 amide bonds. The second-order valence-corrected chi connectivity index (χ2v) is 5.42. The number of hydrogen-bond acceptors (Lipinski definition) is 1. The second kappa shape index (κ2) is 6.25. The summed E-state index contributed by atoms with van der Waals surface area (Å²) in [5, 5.41) is 3.70. The molecule has 1 unspecified atom stereocenters. The third-order valence-electron chi connectivity index (χ3n) is 3.70. The molecule has 1 fully saturated rings. The largest absolute Gasteiger partial charge is 0.354 e. The molecule has 0 saturated heterocycles. The first-order valence-corrected chi connectivity index (χ1v) is 7.19. The summed E-state index contributed by atoms with van der Waals surface area (Å²) in [5.74, 6) is 1.03. The molecule has 1 N–H and O–H groups in total. The lowest BCUT2D eigenvalue weighted by atomic mass is 10.1. The van der Waals surface area contributed by atoms with Crippen molar-refractivity contribution in [1.29, 1.82) is 0 Å². The van der Waals surface area contributed by atoms with Gasteiger partial charge >= 0.3 is 0 Å². The highest BCUT2D eigenvalue weighted by Gasteiger charge is 2.24. The molecule has 0 aliphatic heterocycles. The van der Waals surface area contributed by atoms with Gasteiger partial charge in [0, 0.05) is 31.5 Å². The molecule has 96 valence electrons. The molecular formula is C15H26N2. The maximum Gasteiger partial charge on any atom is 0.0223 e. The zero-order valence-electron chi connectivity index (χ0n) is 11.3. The first kappa shape index (κ1) is 12.7. The number of hydrogen-bond donors (Lipinski definition) is 1. The van der Waals surface area contributed by atoms with Crippen molar-refractivity contribution in [2.24, 2.45) is 5.92 Å². The predicted octanol–water partition coefficient (Wildman–Crippen LogP) is 3.57. The SMILES string of the molecule is CCCn1ccc(CNC(CC)CC2CC2)c1. The van der Waals surface area contributed by atoms with Gasteiger partial charge in [0.2, 0.25) is 0 Å². The number of aryl methyl sites for hydroxylation is 1. The highest BCUT2D eigenvalue weighted by Crippen LogP contribution is 2.34. The van der Waals surface area contributed by atoms with Gasteiger partial charge in [0.15, 0.2) is 0 Å². The molecule has 1 atom stereocenters. The maximum atomic E-state index is 3.70. The lowest BCUT2D eigenvalue weighted by Crippen LogP contribution is -2.28. The first-order chi connectivity index (χ1) is 8.31. The third-order valence-corrected chi connectivity index (χ3v) is 3.70. The zero-order valence-corrected chi connectivity index (χ0v) is 11.3. The van der Waals surface area contributed by atoms with E-state index in [-0.39, 0.29) is 0 Å². The summed E-state index contributed by atoms with van der Waals surface area (Å²) in [6, 6.07) is 2.96. The van der Waals surface area contributed by atoms with Gasteiger partial charge in [-0.15, -0.1) is 0 Å². The Hall–Kier alpha value is -0.760. The summed E-state index contributed by atoms with van der Waals surface area (Å²) in [6.07, 6.45) is 11.2. The van der Waals surface area contributed by atoms with Crippen LogP contribution in [0.5, 0.6) is 0 Å². The molecule has 0 spiro atoms. The van der Waals surface area contributed by atoms with Gasteiger partial charge in [-0.1, -0.05) is 26.7 Å². The normalized spacial score (nSPS) is 17.3. The number of nitrogens with one attached hydrogen (secondary N) is 1. The molecule has 1 aliphatic rings. The van der Waals surface area contributed by atoms with E-state index < -0.39 is 0 Å². The second-order valence-electron chi connectivity index (χ2n) is 5.42. The summed E-state index contributed by atoms with van der Waals surface area (Å²) in [7, 11) is 0. The number of nitrogens with zero attached hydrogens (tertiary/aromatic N) is 1. The van der Waals surface area contributed by atoms with Crippen LogP contribution in [0.4, 0.5) is 0 Å². The molecule has 0 aromatic carbocycles. The van der Waals surface area contributed by atoms with Crippen molar-refractivity contribution in [3.05, 3.63) is 24.0 Å². The summed E-state index contributed by atoms with van der Waals surface area (Å²) in [4.78, 5) is 0. The third kappa shape index (κ3) is 4.19. The van der Waals surface area contributed by atoms with E-state index in [0.717, 1.165) is 25.0 Å². The monoisotopic (exact) mass is 234 g/mol. The van der Waals surface area contributed by atoms with E-state index >= 15 is 0 Å². The molecule has 0 bridgehead atoms. The van der Waals surface area contributed by atoms with Gasteiger partial charge in [0.1, 0.15) is 0 Å². The van der Waals surface area contributed by atoms with E-state index in [9.17, 15) is 0 Å². The van der Waals surface area contributed by atoms with Gasteiger partial charge in [-0.25, -0.2) is 0 Å². The van der Waals surface area contributed by atoms with E-state index in [1.165, 1.54) is 37.7 Å². The van der Waals surface area contributed by atoms with Crippen LogP contribution in [0.15, 0.2) is 18.5 Å². The molecule has 1 saturated carbocycles. The molecule has 2 heteroatoms. The maximum absolute atomic E-state index is 3.70. The fourth-order valence-electron chi connectivity index (χ4n) is 2.40. The molecule has 1 aromatic rings. The van der Waals surface area contributed by atoms with E-state index in [1.807, 2.05) is 0 Å². The van der Waals surface area contributed by atoms with Crippen LogP contribution in [0.3, 0.4) is 0 Å². The average molecular weight is 234 g/mol. The van der Waals surface area contributed by atoms with Crippen LogP contribution in [0.2, 0.25) is 0 Å². The Morgan fingerprint density at radius 1 is 1.41 bits per heavy atom. The van der Waals surface area contributed by atoms with Crippen LogP contribution in [0, 0.1) is 5.92 Å². The quantitative estimate of drug-likeness (QED) is 0.727. The Labute approximate surface area is 105 Å². The minimum atomic E-state index is 0.719. The predicted molar refractivity (Wildman–Crippen MR) is 73.0 cm³/mol. The summed E-state index contributed by atoms with van der Waals surface area (Å²) < 4.78 is 2.29. The fourth-order valence-corrected chi connectivity index (χ4v) is 2.40. The van der Waals surface area contributed by atoms with E-state index in [4.69, 9.17) is 0 Å². The lowest BCUT2D eigenvalue weighted by molar-refractivity contribution is 0.444. The Morgan fingerprint density at radius 3 is 2.88 bits per heavy atom. The van der Waals surface area contributed by atoms with E-state index in [0.29, 0.717) is 0 Å². The van der Waals surface area contributed by atoms with Crippen LogP contribution in [0.25, 0.3) is 0 Å². The number of rotatable bonds is 8. The summed E-state index contributed by atoms with van der Waals surface area (Å²) in [6.45, 7) is 6.68. The Bertz CT molecular complexity index is 325. The molecule has 1 aromatic heterocycles. The molecular weight excluding hydrogens is 208 g/mol. The van der Waals surface area contributed by atoms with Crippen LogP contribution in [-0.4, -0.2) is 10.6 Å². The Balaban J connectivity index is 1.74. The Kier molecular flexibility index (Phi) is 4.66. The van der Waals surface area contributed by atoms with Crippen molar-refractivity contribution in [2.75, 3.05) is 0 Å². The average Bonchev–Trinajstić information content (AvgIpc) is 3.04. The van der Waals surface area contributed by atoms with Crippen LogP contribution in [0.1, 0.15) is 51.5 Å². The van der Waals surface area contributed by atoms with Crippen molar-refractivity contribution in [3.63, 3.8) is 0 Å². The highest BCUT2D eigenvalue weighted by molar-refractivity contribution is 5.10. The van der Waals surface area contributed by atoms with Gasteiger partial charge < -0.3 is 9.88 Å². The first-order valence-electron chi connectivity index (χ1n) is 7.19. The van der Waals surface area contributed by atoms with E-state index in [2.05, 4.69) is 42.2 Å². The van der Waals surface area contributed by atoms with Gasteiger partial charge in [-0.05, 0) is 36.8 Å². The van der Waals surface area contributed by atoms with Crippen LogP contribution in [-0.2, 0) is 13.1 Å².